The largest absolute Gasteiger partial charge is 0.389 e. The quantitative estimate of drug-likeness (QED) is 0.604. The number of aliphatic hydroxyl groups is 1. The van der Waals surface area contributed by atoms with Crippen molar-refractivity contribution < 1.29 is 5.11 Å². The molecule has 0 amide bonds. The van der Waals surface area contributed by atoms with Crippen LogP contribution in [0.1, 0.15) is 73.1 Å². The van der Waals surface area contributed by atoms with Crippen LogP contribution in [-0.4, -0.2) is 11.2 Å². The Morgan fingerprint density at radius 1 is 0.905 bits per heavy atom. The van der Waals surface area contributed by atoms with E-state index in [-0.39, 0.29) is 6.10 Å². The van der Waals surface area contributed by atoms with E-state index in [0.29, 0.717) is 11.8 Å². The number of allylic oxidation sites excluding steroid dienone is 5. The molecular formula is C20H34O. The molecule has 0 heterocycles. The van der Waals surface area contributed by atoms with Gasteiger partial charge in [-0.25, -0.2) is 0 Å². The van der Waals surface area contributed by atoms with Gasteiger partial charge in [0.1, 0.15) is 0 Å². The van der Waals surface area contributed by atoms with Gasteiger partial charge in [0.2, 0.25) is 0 Å². The molecule has 1 N–H and O–H groups in total. The van der Waals surface area contributed by atoms with E-state index in [1.54, 1.807) is 0 Å². The Morgan fingerprint density at radius 3 is 2.00 bits per heavy atom. The summed E-state index contributed by atoms with van der Waals surface area (Å²) in [6.07, 6.45) is 13.2. The van der Waals surface area contributed by atoms with E-state index >= 15 is 0 Å². The first-order valence-electron chi connectivity index (χ1n) is 8.56. The summed E-state index contributed by atoms with van der Waals surface area (Å²) in [7, 11) is 0. The number of rotatable bonds is 1. The molecule has 0 aromatic rings. The van der Waals surface area contributed by atoms with Crippen LogP contribution in [0.15, 0.2) is 34.9 Å². The number of aliphatic hydroxyl groups excluding tert-OH is 1. The van der Waals surface area contributed by atoms with Crippen molar-refractivity contribution in [1.29, 1.82) is 0 Å². The second-order valence-electron chi connectivity index (χ2n) is 7.13. The van der Waals surface area contributed by atoms with E-state index in [4.69, 9.17) is 0 Å². The third-order valence-corrected chi connectivity index (χ3v) is 4.69. The van der Waals surface area contributed by atoms with Gasteiger partial charge in [0, 0.05) is 0 Å². The lowest BCUT2D eigenvalue weighted by atomic mass is 9.84. The lowest BCUT2D eigenvalue weighted by Gasteiger charge is -2.25. The van der Waals surface area contributed by atoms with Crippen molar-refractivity contribution in [2.75, 3.05) is 0 Å². The van der Waals surface area contributed by atoms with E-state index < -0.39 is 0 Å². The molecular weight excluding hydrogens is 256 g/mol. The van der Waals surface area contributed by atoms with Crippen LogP contribution in [0.5, 0.6) is 0 Å². The summed E-state index contributed by atoms with van der Waals surface area (Å²) in [6, 6.07) is 0. The van der Waals surface area contributed by atoms with Gasteiger partial charge in [0.25, 0.3) is 0 Å². The highest BCUT2D eigenvalue weighted by atomic mass is 16.3. The van der Waals surface area contributed by atoms with E-state index in [0.717, 1.165) is 32.1 Å². The molecule has 0 bridgehead atoms. The van der Waals surface area contributed by atoms with Crippen LogP contribution in [0, 0.1) is 11.8 Å². The highest BCUT2D eigenvalue weighted by molar-refractivity contribution is 5.09. The average molecular weight is 290 g/mol. The maximum absolute atomic E-state index is 10.5. The molecule has 0 aromatic carbocycles. The Hall–Kier alpha value is -0.820. The Labute approximate surface area is 131 Å². The summed E-state index contributed by atoms with van der Waals surface area (Å²) in [5, 5.41) is 10.5. The van der Waals surface area contributed by atoms with E-state index in [1.807, 2.05) is 0 Å². The van der Waals surface area contributed by atoms with Gasteiger partial charge in [-0.3, -0.25) is 0 Å². The molecule has 0 spiro atoms. The molecule has 0 radical (unpaired) electrons. The molecule has 0 fully saturated rings. The van der Waals surface area contributed by atoms with Crippen molar-refractivity contribution in [2.24, 2.45) is 11.8 Å². The summed E-state index contributed by atoms with van der Waals surface area (Å²) in [6.45, 7) is 11.1. The molecule has 0 saturated carbocycles. The van der Waals surface area contributed by atoms with Crippen molar-refractivity contribution in [3.8, 4) is 0 Å². The summed E-state index contributed by atoms with van der Waals surface area (Å²) in [5.41, 5.74) is 4.28. The van der Waals surface area contributed by atoms with Gasteiger partial charge in [-0.2, -0.15) is 0 Å². The van der Waals surface area contributed by atoms with Crippen molar-refractivity contribution in [3.05, 3.63) is 34.9 Å². The first-order valence-corrected chi connectivity index (χ1v) is 8.56. The molecule has 1 aliphatic rings. The minimum absolute atomic E-state index is 0.300. The Balaban J connectivity index is 2.88. The van der Waals surface area contributed by atoms with Gasteiger partial charge >= 0.3 is 0 Å². The van der Waals surface area contributed by atoms with Crippen molar-refractivity contribution >= 4 is 0 Å². The Morgan fingerprint density at radius 2 is 1.43 bits per heavy atom. The van der Waals surface area contributed by atoms with Gasteiger partial charge < -0.3 is 5.11 Å². The standard InChI is InChI=1S/C20H34O/c1-15(2)19-13-12-17(4)10-6-8-16(3)9-7-11-18(5)14-20(19)21/h9-10,14-15,19-21H,6-8,11-13H2,1-5H3/b16-9-,17-10+,18-14+. The zero-order valence-corrected chi connectivity index (χ0v) is 14.7. The van der Waals surface area contributed by atoms with Crippen LogP contribution in [0.4, 0.5) is 0 Å². The van der Waals surface area contributed by atoms with Gasteiger partial charge in [0.15, 0.2) is 0 Å². The van der Waals surface area contributed by atoms with Crippen molar-refractivity contribution in [1.82, 2.24) is 0 Å². The fourth-order valence-electron chi connectivity index (χ4n) is 3.09. The van der Waals surface area contributed by atoms with E-state index in [9.17, 15) is 5.11 Å². The van der Waals surface area contributed by atoms with E-state index in [1.165, 1.54) is 23.1 Å². The Bertz CT molecular complexity index is 398. The summed E-state index contributed by atoms with van der Waals surface area (Å²) in [4.78, 5) is 0. The average Bonchev–Trinajstić information content (AvgIpc) is 2.37. The van der Waals surface area contributed by atoms with Crippen LogP contribution in [0.25, 0.3) is 0 Å². The monoisotopic (exact) mass is 290 g/mol. The highest BCUT2D eigenvalue weighted by Crippen LogP contribution is 2.26. The van der Waals surface area contributed by atoms with E-state index in [2.05, 4.69) is 52.8 Å². The third kappa shape index (κ3) is 7.13. The third-order valence-electron chi connectivity index (χ3n) is 4.69. The second-order valence-corrected chi connectivity index (χ2v) is 7.13. The van der Waals surface area contributed by atoms with Crippen LogP contribution < -0.4 is 0 Å². The molecule has 1 nitrogen and oxygen atoms in total. The predicted molar refractivity (Wildman–Crippen MR) is 93.3 cm³/mol. The lowest BCUT2D eigenvalue weighted by Crippen LogP contribution is -2.24. The zero-order chi connectivity index (χ0) is 15.8. The topological polar surface area (TPSA) is 20.2 Å². The van der Waals surface area contributed by atoms with Crippen LogP contribution in [0.2, 0.25) is 0 Å². The highest BCUT2D eigenvalue weighted by Gasteiger charge is 2.20. The van der Waals surface area contributed by atoms with Gasteiger partial charge in [-0.15, -0.1) is 0 Å². The first-order chi connectivity index (χ1) is 9.90. The summed E-state index contributed by atoms with van der Waals surface area (Å²) in [5.74, 6) is 0.885. The molecule has 21 heavy (non-hydrogen) atoms. The maximum atomic E-state index is 10.5. The number of hydrogen-bond acceptors (Lipinski definition) is 1. The van der Waals surface area contributed by atoms with Crippen LogP contribution >= 0.6 is 0 Å². The van der Waals surface area contributed by atoms with Crippen molar-refractivity contribution in [3.63, 3.8) is 0 Å². The lowest BCUT2D eigenvalue weighted by molar-refractivity contribution is 0.115. The molecule has 0 saturated heterocycles. The number of hydrogen-bond donors (Lipinski definition) is 1. The van der Waals surface area contributed by atoms with Crippen LogP contribution in [0.3, 0.4) is 0 Å². The summed E-state index contributed by atoms with van der Waals surface area (Å²) >= 11 is 0. The van der Waals surface area contributed by atoms with Crippen molar-refractivity contribution in [2.45, 2.75) is 79.2 Å². The molecule has 1 heteroatoms. The van der Waals surface area contributed by atoms with Gasteiger partial charge in [-0.1, -0.05) is 48.8 Å². The zero-order valence-electron chi connectivity index (χ0n) is 14.7. The fraction of sp³-hybridized carbons (Fsp3) is 0.700. The Kier molecular flexibility index (Phi) is 8.03. The molecule has 1 aliphatic carbocycles. The van der Waals surface area contributed by atoms with Gasteiger partial charge in [0.05, 0.1) is 6.10 Å². The smallest absolute Gasteiger partial charge is 0.0754 e. The molecule has 0 aromatic heterocycles. The molecule has 1 rings (SSSR count). The van der Waals surface area contributed by atoms with Gasteiger partial charge in [-0.05, 0) is 71.1 Å². The predicted octanol–water partition coefficient (Wildman–Crippen LogP) is 5.81. The first kappa shape index (κ1) is 18.2. The van der Waals surface area contributed by atoms with Crippen LogP contribution in [-0.2, 0) is 0 Å². The maximum Gasteiger partial charge on any atom is 0.0754 e. The summed E-state index contributed by atoms with van der Waals surface area (Å²) < 4.78 is 0. The molecule has 0 aliphatic heterocycles. The normalized spacial score (nSPS) is 34.1. The minimum atomic E-state index is -0.300. The second kappa shape index (κ2) is 9.25. The fourth-order valence-corrected chi connectivity index (χ4v) is 3.09. The molecule has 120 valence electrons. The SMILES string of the molecule is C/C1=C/CC/C(C)=C/C(O)C(C(C)C)CC/C(C)=C/CC1. The minimum Gasteiger partial charge on any atom is -0.389 e. The molecule has 2 atom stereocenters. The molecule has 2 unspecified atom stereocenters.